The second-order valence-electron chi connectivity index (χ2n) is 3.53. The van der Waals surface area contributed by atoms with Crippen molar-refractivity contribution in [1.29, 1.82) is 0 Å². The van der Waals surface area contributed by atoms with Gasteiger partial charge in [0, 0.05) is 10.9 Å². The van der Waals surface area contributed by atoms with Gasteiger partial charge in [-0.15, -0.1) is 6.42 Å². The van der Waals surface area contributed by atoms with Gasteiger partial charge in [0.2, 0.25) is 0 Å². The first-order chi connectivity index (χ1) is 8.24. The van der Waals surface area contributed by atoms with E-state index in [4.69, 9.17) is 6.42 Å². The van der Waals surface area contributed by atoms with Crippen LogP contribution in [0.15, 0.2) is 36.4 Å². The van der Waals surface area contributed by atoms with Crippen LogP contribution in [-0.2, 0) is 0 Å². The fraction of sp³-hybridized carbons (Fsp3) is 0.0714. The van der Waals surface area contributed by atoms with Crippen LogP contribution in [0.2, 0.25) is 0 Å². The number of halogens is 1. The second-order valence-corrected chi connectivity index (χ2v) is 3.53. The lowest BCUT2D eigenvalue weighted by Crippen LogP contribution is -2.23. The summed E-state index contributed by atoms with van der Waals surface area (Å²) in [5, 5.41) is 3.58. The highest BCUT2D eigenvalue weighted by atomic mass is 19.1. The Morgan fingerprint density at radius 3 is 2.65 bits per heavy atom. The Kier molecular flexibility index (Phi) is 3.06. The Morgan fingerprint density at radius 1 is 1.24 bits per heavy atom. The number of nitrogens with one attached hydrogen (secondary N) is 1. The van der Waals surface area contributed by atoms with E-state index < -0.39 is 0 Å². The van der Waals surface area contributed by atoms with Gasteiger partial charge < -0.3 is 5.32 Å². The van der Waals surface area contributed by atoms with Gasteiger partial charge in [-0.3, -0.25) is 4.79 Å². The normalized spacial score (nSPS) is 9.88. The molecule has 0 unspecified atom stereocenters. The molecule has 2 aromatic carbocycles. The number of terminal acetylenes is 1. The van der Waals surface area contributed by atoms with Gasteiger partial charge in [-0.2, -0.15) is 0 Å². The minimum atomic E-state index is -0.339. The molecule has 0 radical (unpaired) electrons. The zero-order valence-electron chi connectivity index (χ0n) is 9.03. The van der Waals surface area contributed by atoms with Crippen molar-refractivity contribution >= 4 is 16.7 Å². The van der Waals surface area contributed by atoms with Crippen LogP contribution in [0.1, 0.15) is 10.4 Å². The van der Waals surface area contributed by atoms with Crippen LogP contribution in [0, 0.1) is 18.2 Å². The van der Waals surface area contributed by atoms with Crippen molar-refractivity contribution in [2.45, 2.75) is 0 Å². The molecule has 2 rings (SSSR count). The van der Waals surface area contributed by atoms with Gasteiger partial charge in [-0.05, 0) is 17.5 Å². The van der Waals surface area contributed by atoms with Gasteiger partial charge in [-0.25, -0.2) is 4.39 Å². The monoisotopic (exact) mass is 227 g/mol. The maximum Gasteiger partial charge on any atom is 0.252 e. The summed E-state index contributed by atoms with van der Waals surface area (Å²) in [4.78, 5) is 11.8. The molecule has 0 aliphatic rings. The Bertz CT molecular complexity index is 613. The molecule has 0 saturated carbocycles. The summed E-state index contributed by atoms with van der Waals surface area (Å²) in [6.07, 6.45) is 5.07. The van der Waals surface area contributed by atoms with E-state index in [2.05, 4.69) is 11.2 Å². The van der Waals surface area contributed by atoms with E-state index in [1.54, 1.807) is 24.3 Å². The fourth-order valence-corrected chi connectivity index (χ4v) is 1.69. The van der Waals surface area contributed by atoms with Gasteiger partial charge in [0.15, 0.2) is 0 Å². The minimum absolute atomic E-state index is 0.157. The highest BCUT2D eigenvalue weighted by Gasteiger charge is 2.11. The molecular formula is C14H10FNO. The van der Waals surface area contributed by atoms with Crippen molar-refractivity contribution in [1.82, 2.24) is 5.32 Å². The summed E-state index contributed by atoms with van der Waals surface area (Å²) in [6, 6.07) is 9.59. The zero-order valence-corrected chi connectivity index (χ0v) is 9.03. The number of carbonyl (C=O) groups excluding carboxylic acids is 1. The number of fused-ring (bicyclic) bond motifs is 1. The maximum atomic E-state index is 13.5. The van der Waals surface area contributed by atoms with Gasteiger partial charge in [0.25, 0.3) is 5.91 Å². The largest absolute Gasteiger partial charge is 0.341 e. The summed E-state index contributed by atoms with van der Waals surface area (Å²) in [5.74, 6) is 1.69. The number of carbonyl (C=O) groups is 1. The molecule has 0 fully saturated rings. The average molecular weight is 227 g/mol. The minimum Gasteiger partial charge on any atom is -0.341 e. The third-order valence-corrected chi connectivity index (χ3v) is 2.47. The Hall–Kier alpha value is -2.34. The molecule has 1 N–H and O–H groups in total. The van der Waals surface area contributed by atoms with E-state index in [1.807, 2.05) is 0 Å². The molecule has 2 nitrogen and oxygen atoms in total. The zero-order chi connectivity index (χ0) is 12.3. The van der Waals surface area contributed by atoms with E-state index in [0.29, 0.717) is 16.3 Å². The van der Waals surface area contributed by atoms with E-state index in [0.717, 1.165) is 0 Å². The molecule has 0 aromatic heterocycles. The highest BCUT2D eigenvalue weighted by molar-refractivity contribution is 6.07. The van der Waals surface area contributed by atoms with Crippen molar-refractivity contribution < 1.29 is 9.18 Å². The van der Waals surface area contributed by atoms with Crippen LogP contribution < -0.4 is 5.32 Å². The van der Waals surface area contributed by atoms with Crippen LogP contribution in [0.5, 0.6) is 0 Å². The van der Waals surface area contributed by atoms with E-state index in [1.165, 1.54) is 12.1 Å². The topological polar surface area (TPSA) is 29.1 Å². The molecule has 0 heterocycles. The standard InChI is InChI=1S/C14H10FNO/c1-2-9-16-14(17)12-7-8-13(15)11-6-4-3-5-10(11)12/h1,3-8H,9H2,(H,16,17). The van der Waals surface area contributed by atoms with E-state index in [9.17, 15) is 9.18 Å². The van der Waals surface area contributed by atoms with E-state index in [-0.39, 0.29) is 18.3 Å². The third kappa shape index (κ3) is 2.11. The number of amides is 1. The molecule has 0 aliphatic heterocycles. The molecule has 2 aromatic rings. The first-order valence-corrected chi connectivity index (χ1v) is 5.13. The molecule has 0 bridgehead atoms. The summed E-state index contributed by atoms with van der Waals surface area (Å²) in [7, 11) is 0. The second kappa shape index (κ2) is 4.67. The Labute approximate surface area is 98.4 Å². The molecule has 1 amide bonds. The molecule has 0 saturated heterocycles. The molecule has 0 aliphatic carbocycles. The summed E-state index contributed by atoms with van der Waals surface area (Å²) >= 11 is 0. The van der Waals surface area contributed by atoms with Gasteiger partial charge >= 0.3 is 0 Å². The van der Waals surface area contributed by atoms with Crippen LogP contribution in [0.3, 0.4) is 0 Å². The number of hydrogen-bond acceptors (Lipinski definition) is 1. The summed E-state index contributed by atoms with van der Waals surface area (Å²) in [5.41, 5.74) is 0.428. The van der Waals surface area contributed by atoms with Gasteiger partial charge in [0.05, 0.1) is 6.54 Å². The van der Waals surface area contributed by atoms with Crippen molar-refractivity contribution in [2.75, 3.05) is 6.54 Å². The Balaban J connectivity index is 2.52. The summed E-state index contributed by atoms with van der Waals surface area (Å²) < 4.78 is 13.5. The SMILES string of the molecule is C#CCNC(=O)c1ccc(F)c2ccccc12. The van der Waals surface area contributed by atoms with Crippen molar-refractivity contribution in [2.24, 2.45) is 0 Å². The van der Waals surface area contributed by atoms with Crippen molar-refractivity contribution in [3.63, 3.8) is 0 Å². The van der Waals surface area contributed by atoms with Gasteiger partial charge in [-0.1, -0.05) is 30.2 Å². The van der Waals surface area contributed by atoms with Crippen LogP contribution >= 0.6 is 0 Å². The first-order valence-electron chi connectivity index (χ1n) is 5.13. The van der Waals surface area contributed by atoms with Crippen LogP contribution in [0.25, 0.3) is 10.8 Å². The van der Waals surface area contributed by atoms with Crippen molar-refractivity contribution in [3.05, 3.63) is 47.8 Å². The quantitative estimate of drug-likeness (QED) is 0.784. The lowest BCUT2D eigenvalue weighted by molar-refractivity contribution is 0.0960. The van der Waals surface area contributed by atoms with E-state index >= 15 is 0 Å². The lowest BCUT2D eigenvalue weighted by Gasteiger charge is -2.06. The number of rotatable bonds is 2. The smallest absolute Gasteiger partial charge is 0.252 e. The molecule has 0 atom stereocenters. The lowest BCUT2D eigenvalue weighted by atomic mass is 10.0. The summed E-state index contributed by atoms with van der Waals surface area (Å²) in [6.45, 7) is 0.157. The molecular weight excluding hydrogens is 217 g/mol. The molecule has 0 spiro atoms. The Morgan fingerprint density at radius 2 is 1.94 bits per heavy atom. The highest BCUT2D eigenvalue weighted by Crippen LogP contribution is 2.21. The first kappa shape index (κ1) is 11.2. The van der Waals surface area contributed by atoms with Gasteiger partial charge in [0.1, 0.15) is 5.82 Å². The van der Waals surface area contributed by atoms with Crippen LogP contribution in [-0.4, -0.2) is 12.5 Å². The molecule has 3 heteroatoms. The van der Waals surface area contributed by atoms with Crippen LogP contribution in [0.4, 0.5) is 4.39 Å². The van der Waals surface area contributed by atoms with Crippen molar-refractivity contribution in [3.8, 4) is 12.3 Å². The third-order valence-electron chi connectivity index (χ3n) is 2.47. The maximum absolute atomic E-state index is 13.5. The number of hydrogen-bond donors (Lipinski definition) is 1. The molecule has 84 valence electrons. The fourth-order valence-electron chi connectivity index (χ4n) is 1.69. The number of benzene rings is 2. The average Bonchev–Trinajstić information content (AvgIpc) is 2.37. The molecule has 17 heavy (non-hydrogen) atoms. The predicted octanol–water partition coefficient (Wildman–Crippen LogP) is 2.34. The predicted molar refractivity (Wildman–Crippen MR) is 65.1 cm³/mol.